The van der Waals surface area contributed by atoms with Gasteiger partial charge in [-0.05, 0) is 35.4 Å². The number of aliphatic carboxylic acids is 1. The summed E-state index contributed by atoms with van der Waals surface area (Å²) in [4.78, 5) is 24.6. The van der Waals surface area contributed by atoms with Crippen LogP contribution in [0.15, 0.2) is 60.4 Å². The molecule has 0 saturated heterocycles. The Morgan fingerprint density at radius 3 is 1.63 bits per heavy atom. The Morgan fingerprint density at radius 1 is 0.889 bits per heavy atom. The van der Waals surface area contributed by atoms with E-state index in [-0.39, 0.29) is 0 Å². The largest absolute Gasteiger partial charge is 0.502 e. The number of carbonyl (C=O) groups is 2. The molecular formula is C20H21NO6. The lowest BCUT2D eigenvalue weighted by molar-refractivity contribution is -0.136. The summed E-state index contributed by atoms with van der Waals surface area (Å²) >= 11 is 0. The van der Waals surface area contributed by atoms with Crippen LogP contribution in [0.3, 0.4) is 0 Å². The second kappa shape index (κ2) is 8.75. The lowest BCUT2D eigenvalue weighted by atomic mass is 9.97. The number of amides is 1. The van der Waals surface area contributed by atoms with E-state index in [1.807, 2.05) is 24.3 Å². The van der Waals surface area contributed by atoms with E-state index in [0.29, 0.717) is 17.6 Å². The molecular weight excluding hydrogens is 350 g/mol. The van der Waals surface area contributed by atoms with Gasteiger partial charge in [0.2, 0.25) is 5.76 Å². The number of likely N-dealkylation sites (N-methyl/N-ethyl adjacent to an activating group) is 1. The standard InChI is InChI=1S/C20H21NO6/c1-21(18(23)12-17(22)20(24)25)19(13-4-8-15(26-2)9-5-13)14-6-10-16(27-3)11-7-14/h4-12,19,22H,1-3H3,(H,24,25)/b17-12-. The van der Waals surface area contributed by atoms with Crippen LogP contribution < -0.4 is 9.47 Å². The molecule has 2 rings (SSSR count). The highest BCUT2D eigenvalue weighted by Gasteiger charge is 2.24. The van der Waals surface area contributed by atoms with E-state index in [0.717, 1.165) is 11.1 Å². The van der Waals surface area contributed by atoms with Crippen LogP contribution in [0.25, 0.3) is 0 Å². The summed E-state index contributed by atoms with van der Waals surface area (Å²) < 4.78 is 10.3. The van der Waals surface area contributed by atoms with Crippen molar-refractivity contribution < 1.29 is 29.3 Å². The molecule has 7 nitrogen and oxygen atoms in total. The zero-order valence-electron chi connectivity index (χ0n) is 15.2. The number of benzene rings is 2. The molecule has 0 aliphatic carbocycles. The first-order valence-electron chi connectivity index (χ1n) is 8.06. The fraction of sp³-hybridized carbons (Fsp3) is 0.200. The molecule has 0 heterocycles. The summed E-state index contributed by atoms with van der Waals surface area (Å²) in [6.07, 6.45) is 0.683. The number of carboxylic acids is 1. The molecule has 0 aliphatic rings. The van der Waals surface area contributed by atoms with E-state index in [9.17, 15) is 14.7 Å². The van der Waals surface area contributed by atoms with Crippen molar-refractivity contribution >= 4 is 11.9 Å². The lowest BCUT2D eigenvalue weighted by Gasteiger charge is -2.28. The van der Waals surface area contributed by atoms with Gasteiger partial charge in [-0.1, -0.05) is 24.3 Å². The molecule has 0 spiro atoms. The molecule has 0 saturated carbocycles. The minimum Gasteiger partial charge on any atom is -0.502 e. The first kappa shape index (κ1) is 19.8. The molecule has 7 heteroatoms. The number of methoxy groups -OCH3 is 2. The number of aliphatic hydroxyl groups is 1. The van der Waals surface area contributed by atoms with Crippen molar-refractivity contribution in [3.8, 4) is 11.5 Å². The van der Waals surface area contributed by atoms with Crippen LogP contribution in [0.1, 0.15) is 17.2 Å². The highest BCUT2D eigenvalue weighted by Crippen LogP contribution is 2.30. The molecule has 2 aromatic rings. The Kier molecular flexibility index (Phi) is 6.43. The third kappa shape index (κ3) is 4.78. The van der Waals surface area contributed by atoms with Gasteiger partial charge in [-0.2, -0.15) is 0 Å². The zero-order chi connectivity index (χ0) is 20.0. The maximum absolute atomic E-state index is 12.5. The number of aliphatic hydroxyl groups excluding tert-OH is 1. The van der Waals surface area contributed by atoms with Crippen LogP contribution in [0.2, 0.25) is 0 Å². The van der Waals surface area contributed by atoms with Crippen LogP contribution in [-0.4, -0.2) is 48.3 Å². The first-order chi connectivity index (χ1) is 12.9. The van der Waals surface area contributed by atoms with Crippen LogP contribution >= 0.6 is 0 Å². The van der Waals surface area contributed by atoms with Gasteiger partial charge in [-0.3, -0.25) is 4.79 Å². The van der Waals surface area contributed by atoms with Crippen molar-refractivity contribution in [3.05, 3.63) is 71.5 Å². The van der Waals surface area contributed by atoms with Gasteiger partial charge >= 0.3 is 5.97 Å². The van der Waals surface area contributed by atoms with Gasteiger partial charge in [0.05, 0.1) is 26.3 Å². The summed E-state index contributed by atoms with van der Waals surface area (Å²) in [5.41, 5.74) is 1.58. The smallest absolute Gasteiger partial charge is 0.371 e. The maximum Gasteiger partial charge on any atom is 0.371 e. The van der Waals surface area contributed by atoms with Gasteiger partial charge in [-0.25, -0.2) is 4.79 Å². The predicted molar refractivity (Wildman–Crippen MR) is 98.9 cm³/mol. The molecule has 0 aliphatic heterocycles. The normalized spacial score (nSPS) is 11.2. The number of carbonyl (C=O) groups excluding carboxylic acids is 1. The summed E-state index contributed by atoms with van der Waals surface area (Å²) in [5.74, 6) is -1.89. The van der Waals surface area contributed by atoms with Gasteiger partial charge in [-0.15, -0.1) is 0 Å². The molecule has 142 valence electrons. The second-order valence-corrected chi connectivity index (χ2v) is 5.73. The summed E-state index contributed by atoms with van der Waals surface area (Å²) in [6.45, 7) is 0. The predicted octanol–water partition coefficient (Wildman–Crippen LogP) is 2.78. The average molecular weight is 371 g/mol. The topological polar surface area (TPSA) is 96.3 Å². The van der Waals surface area contributed by atoms with E-state index < -0.39 is 23.7 Å². The molecule has 0 atom stereocenters. The average Bonchev–Trinajstić information content (AvgIpc) is 2.68. The van der Waals surface area contributed by atoms with E-state index in [1.54, 1.807) is 38.5 Å². The number of hydrogen-bond donors (Lipinski definition) is 2. The number of carboxylic acid groups (broad SMARTS) is 1. The first-order valence-corrected chi connectivity index (χ1v) is 8.06. The van der Waals surface area contributed by atoms with E-state index >= 15 is 0 Å². The Bertz CT molecular complexity index is 779. The van der Waals surface area contributed by atoms with Crippen LogP contribution in [0.5, 0.6) is 11.5 Å². The van der Waals surface area contributed by atoms with E-state index in [2.05, 4.69) is 0 Å². The van der Waals surface area contributed by atoms with Crippen molar-refractivity contribution in [1.29, 1.82) is 0 Å². The van der Waals surface area contributed by atoms with Crippen LogP contribution in [0, 0.1) is 0 Å². The lowest BCUT2D eigenvalue weighted by Crippen LogP contribution is -2.31. The molecule has 2 aromatic carbocycles. The van der Waals surface area contributed by atoms with Gasteiger partial charge < -0.3 is 24.6 Å². The Hall–Kier alpha value is -3.48. The fourth-order valence-corrected chi connectivity index (χ4v) is 2.62. The SMILES string of the molecule is COc1ccc(C(c2ccc(OC)cc2)N(C)C(=O)/C=C(\O)C(=O)O)cc1. The number of hydrogen-bond acceptors (Lipinski definition) is 5. The highest BCUT2D eigenvalue weighted by molar-refractivity contribution is 5.96. The van der Waals surface area contributed by atoms with Crippen LogP contribution in [0.4, 0.5) is 0 Å². The van der Waals surface area contributed by atoms with Crippen LogP contribution in [-0.2, 0) is 9.59 Å². The molecule has 0 aromatic heterocycles. The molecule has 0 radical (unpaired) electrons. The molecule has 0 fully saturated rings. The maximum atomic E-state index is 12.5. The molecule has 0 unspecified atom stereocenters. The third-order valence-electron chi connectivity index (χ3n) is 4.08. The van der Waals surface area contributed by atoms with Crippen molar-refractivity contribution in [3.63, 3.8) is 0 Å². The summed E-state index contributed by atoms with van der Waals surface area (Å²) in [7, 11) is 4.66. The van der Waals surface area contributed by atoms with Crippen molar-refractivity contribution in [2.45, 2.75) is 6.04 Å². The van der Waals surface area contributed by atoms with Crippen molar-refractivity contribution in [2.24, 2.45) is 0 Å². The number of ether oxygens (including phenoxy) is 2. The van der Waals surface area contributed by atoms with Crippen molar-refractivity contribution in [2.75, 3.05) is 21.3 Å². The van der Waals surface area contributed by atoms with E-state index in [4.69, 9.17) is 14.6 Å². The van der Waals surface area contributed by atoms with Gasteiger partial charge in [0, 0.05) is 7.05 Å². The van der Waals surface area contributed by atoms with Gasteiger partial charge in [0.25, 0.3) is 5.91 Å². The molecule has 1 amide bonds. The molecule has 0 bridgehead atoms. The Balaban J connectivity index is 2.45. The third-order valence-corrected chi connectivity index (χ3v) is 4.08. The Labute approximate surface area is 157 Å². The number of nitrogens with zero attached hydrogens (tertiary/aromatic N) is 1. The fourth-order valence-electron chi connectivity index (χ4n) is 2.62. The van der Waals surface area contributed by atoms with Gasteiger partial charge in [0.15, 0.2) is 0 Å². The minimum atomic E-state index is -1.57. The van der Waals surface area contributed by atoms with E-state index in [1.165, 1.54) is 11.9 Å². The van der Waals surface area contributed by atoms with Gasteiger partial charge in [0.1, 0.15) is 11.5 Å². The number of rotatable bonds is 7. The highest BCUT2D eigenvalue weighted by atomic mass is 16.5. The monoisotopic (exact) mass is 371 g/mol. The quantitative estimate of drug-likeness (QED) is 0.574. The second-order valence-electron chi connectivity index (χ2n) is 5.73. The summed E-state index contributed by atoms with van der Waals surface area (Å²) in [6, 6.07) is 13.9. The zero-order valence-corrected chi connectivity index (χ0v) is 15.2. The van der Waals surface area contributed by atoms with Crippen molar-refractivity contribution in [1.82, 2.24) is 4.90 Å². The Morgan fingerprint density at radius 2 is 1.30 bits per heavy atom. The molecule has 27 heavy (non-hydrogen) atoms. The minimum absolute atomic E-state index is 0.507. The molecule has 2 N–H and O–H groups in total. The summed E-state index contributed by atoms with van der Waals surface area (Å²) in [5, 5.41) is 18.2.